The Morgan fingerprint density at radius 2 is 2.38 bits per heavy atom. The maximum atomic E-state index is 9.21. The predicted octanol–water partition coefficient (Wildman–Crippen LogP) is 1.04. The Kier molecular flexibility index (Phi) is 2.10. The molecule has 1 heterocycles. The summed E-state index contributed by atoms with van der Waals surface area (Å²) in [5.41, 5.74) is 6.61. The van der Waals surface area contributed by atoms with E-state index in [0.717, 1.165) is 24.2 Å². The Morgan fingerprint density at radius 3 is 3.15 bits per heavy atom. The molecule has 13 heavy (non-hydrogen) atoms. The summed E-state index contributed by atoms with van der Waals surface area (Å²) >= 11 is 0. The first-order valence-electron chi connectivity index (χ1n) is 4.48. The van der Waals surface area contributed by atoms with Crippen LogP contribution in [0.3, 0.4) is 0 Å². The van der Waals surface area contributed by atoms with Crippen LogP contribution < -0.4 is 10.5 Å². The van der Waals surface area contributed by atoms with Crippen LogP contribution in [0, 0.1) is 0 Å². The van der Waals surface area contributed by atoms with E-state index < -0.39 is 0 Å². The molecule has 2 rings (SSSR count). The molecule has 3 heteroatoms. The normalized spacial score (nSPS) is 19.6. The van der Waals surface area contributed by atoms with E-state index in [-0.39, 0.29) is 11.9 Å². The summed E-state index contributed by atoms with van der Waals surface area (Å²) in [6.45, 7) is 0.643. The third kappa shape index (κ3) is 1.60. The third-order valence-electron chi connectivity index (χ3n) is 2.28. The molecule has 0 aromatic heterocycles. The molecule has 0 bridgehead atoms. The molecule has 1 unspecified atom stereocenters. The van der Waals surface area contributed by atoms with Gasteiger partial charge in [0.2, 0.25) is 0 Å². The van der Waals surface area contributed by atoms with E-state index in [9.17, 15) is 5.11 Å². The molecule has 1 aromatic carbocycles. The van der Waals surface area contributed by atoms with Crippen LogP contribution in [0.25, 0.3) is 0 Å². The third-order valence-corrected chi connectivity index (χ3v) is 2.28. The lowest BCUT2D eigenvalue weighted by Gasteiger charge is -2.07. The molecule has 0 aliphatic carbocycles. The Bertz CT molecular complexity index is 312. The molecule has 3 nitrogen and oxygen atoms in total. The molecular formula is C10H13NO2. The highest BCUT2D eigenvalue weighted by atomic mass is 16.5. The van der Waals surface area contributed by atoms with E-state index >= 15 is 0 Å². The highest BCUT2D eigenvalue weighted by Crippen LogP contribution is 2.32. The van der Waals surface area contributed by atoms with Crippen molar-refractivity contribution >= 4 is 0 Å². The first-order chi connectivity index (χ1) is 6.29. The van der Waals surface area contributed by atoms with Gasteiger partial charge in [-0.1, -0.05) is 6.07 Å². The fourth-order valence-electron chi connectivity index (χ4n) is 1.63. The van der Waals surface area contributed by atoms with Gasteiger partial charge in [-0.15, -0.1) is 0 Å². The summed E-state index contributed by atoms with van der Waals surface area (Å²) in [6, 6.07) is 5.25. The number of ether oxygens (including phenoxy) is 1. The predicted molar refractivity (Wildman–Crippen MR) is 49.9 cm³/mol. The first kappa shape index (κ1) is 8.38. The monoisotopic (exact) mass is 179 g/mol. The molecular weight excluding hydrogens is 166 g/mol. The lowest BCUT2D eigenvalue weighted by molar-refractivity contribution is 0.224. The minimum atomic E-state index is 0.196. The maximum Gasteiger partial charge on any atom is 0.126 e. The summed E-state index contributed by atoms with van der Waals surface area (Å²) in [4.78, 5) is 0. The van der Waals surface area contributed by atoms with Gasteiger partial charge in [0.15, 0.2) is 0 Å². The SMILES string of the molecule is NCCC1Cc2ccc(O)cc2O1. The van der Waals surface area contributed by atoms with Crippen molar-refractivity contribution in [1.29, 1.82) is 0 Å². The number of aromatic hydroxyl groups is 1. The maximum absolute atomic E-state index is 9.21. The second-order valence-electron chi connectivity index (χ2n) is 3.31. The van der Waals surface area contributed by atoms with Crippen molar-refractivity contribution in [2.75, 3.05) is 6.54 Å². The molecule has 1 aromatic rings. The van der Waals surface area contributed by atoms with Crippen molar-refractivity contribution in [2.24, 2.45) is 5.73 Å². The smallest absolute Gasteiger partial charge is 0.126 e. The zero-order valence-electron chi connectivity index (χ0n) is 7.36. The molecule has 0 saturated carbocycles. The summed E-state index contributed by atoms with van der Waals surface area (Å²) in [6.07, 6.45) is 1.98. The van der Waals surface area contributed by atoms with Crippen LogP contribution in [0.5, 0.6) is 11.5 Å². The fraction of sp³-hybridized carbons (Fsp3) is 0.400. The molecule has 70 valence electrons. The molecule has 0 saturated heterocycles. The van der Waals surface area contributed by atoms with Gasteiger partial charge in [0.1, 0.15) is 17.6 Å². The van der Waals surface area contributed by atoms with Crippen LogP contribution in [-0.2, 0) is 6.42 Å². The van der Waals surface area contributed by atoms with Crippen molar-refractivity contribution in [3.05, 3.63) is 23.8 Å². The van der Waals surface area contributed by atoms with Gasteiger partial charge in [-0.05, 0) is 24.6 Å². The van der Waals surface area contributed by atoms with Crippen LogP contribution in [-0.4, -0.2) is 17.8 Å². The quantitative estimate of drug-likeness (QED) is 0.713. The minimum absolute atomic E-state index is 0.196. The lowest BCUT2D eigenvalue weighted by Crippen LogP contribution is -2.17. The average molecular weight is 179 g/mol. The average Bonchev–Trinajstić information content (AvgIpc) is 2.46. The first-order valence-corrected chi connectivity index (χ1v) is 4.48. The van der Waals surface area contributed by atoms with Crippen LogP contribution >= 0.6 is 0 Å². The zero-order valence-corrected chi connectivity index (χ0v) is 7.36. The summed E-state index contributed by atoms with van der Waals surface area (Å²) < 4.78 is 5.59. The number of rotatable bonds is 2. The fourth-order valence-corrected chi connectivity index (χ4v) is 1.63. The number of phenolic OH excluding ortho intramolecular Hbond substituents is 1. The van der Waals surface area contributed by atoms with Crippen LogP contribution in [0.15, 0.2) is 18.2 Å². The van der Waals surface area contributed by atoms with Crippen LogP contribution in [0.2, 0.25) is 0 Å². The number of phenols is 1. The molecule has 1 aliphatic rings. The number of hydrogen-bond acceptors (Lipinski definition) is 3. The van der Waals surface area contributed by atoms with Gasteiger partial charge in [0.05, 0.1) is 0 Å². The minimum Gasteiger partial charge on any atom is -0.508 e. The van der Waals surface area contributed by atoms with Crippen LogP contribution in [0.4, 0.5) is 0 Å². The van der Waals surface area contributed by atoms with Gasteiger partial charge in [0.25, 0.3) is 0 Å². The van der Waals surface area contributed by atoms with Crippen molar-refractivity contribution in [3.8, 4) is 11.5 Å². The van der Waals surface area contributed by atoms with E-state index in [0.29, 0.717) is 6.54 Å². The van der Waals surface area contributed by atoms with Gasteiger partial charge in [-0.25, -0.2) is 0 Å². The molecule has 0 fully saturated rings. The van der Waals surface area contributed by atoms with Gasteiger partial charge >= 0.3 is 0 Å². The van der Waals surface area contributed by atoms with E-state index in [4.69, 9.17) is 10.5 Å². The highest BCUT2D eigenvalue weighted by molar-refractivity contribution is 5.42. The molecule has 0 spiro atoms. The zero-order chi connectivity index (χ0) is 9.26. The number of nitrogens with two attached hydrogens (primary N) is 1. The van der Waals surface area contributed by atoms with Crippen molar-refractivity contribution in [1.82, 2.24) is 0 Å². The van der Waals surface area contributed by atoms with Gasteiger partial charge in [-0.3, -0.25) is 0 Å². The summed E-state index contributed by atoms with van der Waals surface area (Å²) in [5, 5.41) is 9.21. The van der Waals surface area contributed by atoms with E-state index in [1.165, 1.54) is 0 Å². The Hall–Kier alpha value is -1.22. The number of benzene rings is 1. The van der Waals surface area contributed by atoms with Crippen molar-refractivity contribution in [2.45, 2.75) is 18.9 Å². The standard InChI is InChI=1S/C10H13NO2/c11-4-3-9-5-7-1-2-8(12)6-10(7)13-9/h1-2,6,9,12H,3-5,11H2. The molecule has 1 aliphatic heterocycles. The second-order valence-corrected chi connectivity index (χ2v) is 3.31. The van der Waals surface area contributed by atoms with Crippen molar-refractivity contribution in [3.63, 3.8) is 0 Å². The van der Waals surface area contributed by atoms with Gasteiger partial charge < -0.3 is 15.6 Å². The number of hydrogen-bond donors (Lipinski definition) is 2. The topological polar surface area (TPSA) is 55.5 Å². The number of fused-ring (bicyclic) bond motifs is 1. The second kappa shape index (κ2) is 3.26. The Labute approximate surface area is 77.1 Å². The molecule has 1 atom stereocenters. The summed E-state index contributed by atoms with van der Waals surface area (Å²) in [5.74, 6) is 1.06. The highest BCUT2D eigenvalue weighted by Gasteiger charge is 2.21. The van der Waals surface area contributed by atoms with E-state index in [2.05, 4.69) is 0 Å². The van der Waals surface area contributed by atoms with Gasteiger partial charge in [0, 0.05) is 12.5 Å². The molecule has 0 amide bonds. The van der Waals surface area contributed by atoms with Crippen molar-refractivity contribution < 1.29 is 9.84 Å². The van der Waals surface area contributed by atoms with Gasteiger partial charge in [-0.2, -0.15) is 0 Å². The molecule has 0 radical (unpaired) electrons. The van der Waals surface area contributed by atoms with E-state index in [1.54, 1.807) is 12.1 Å². The summed E-state index contributed by atoms with van der Waals surface area (Å²) in [7, 11) is 0. The molecule has 3 N–H and O–H groups in total. The Balaban J connectivity index is 2.16. The van der Waals surface area contributed by atoms with E-state index in [1.807, 2.05) is 6.07 Å². The Morgan fingerprint density at radius 1 is 1.54 bits per heavy atom. The largest absolute Gasteiger partial charge is 0.508 e. The van der Waals surface area contributed by atoms with Crippen LogP contribution in [0.1, 0.15) is 12.0 Å². The lowest BCUT2D eigenvalue weighted by atomic mass is 10.1.